The Kier molecular flexibility index (Phi) is 11.2. The largest absolute Gasteiger partial charge is 0.451 e. The summed E-state index contributed by atoms with van der Waals surface area (Å²) in [6, 6.07) is 111. The minimum atomic E-state index is 0.662. The van der Waals surface area contributed by atoms with E-state index in [9.17, 15) is 0 Å². The number of rotatable bonds is 9. The Morgan fingerprint density at radius 3 is 1.34 bits per heavy atom. The molecule has 18 rings (SSSR count). The topological polar surface area (TPSA) is 53.7 Å². The molecule has 5 aromatic heterocycles. The molecule has 88 heavy (non-hydrogen) atoms. The second kappa shape index (κ2) is 19.9. The summed E-state index contributed by atoms with van der Waals surface area (Å²) in [4.78, 5) is 10.3. The average molecular weight is 1120 g/mol. The number of hydrogen-bond donors (Lipinski definition) is 0. The van der Waals surface area contributed by atoms with Crippen LogP contribution in [-0.4, -0.2) is 23.7 Å². The van der Waals surface area contributed by atoms with E-state index < -0.39 is 0 Å². The molecule has 0 bridgehead atoms. The van der Waals surface area contributed by atoms with Crippen molar-refractivity contribution in [2.24, 2.45) is 0 Å². The van der Waals surface area contributed by atoms with Crippen molar-refractivity contribution in [3.63, 3.8) is 0 Å². The zero-order valence-corrected chi connectivity index (χ0v) is 47.6. The van der Waals surface area contributed by atoms with Gasteiger partial charge in [0.15, 0.2) is 11.4 Å². The zero-order chi connectivity index (χ0) is 57.8. The molecule has 13 aromatic carbocycles. The molecule has 0 aliphatic heterocycles. The summed E-state index contributed by atoms with van der Waals surface area (Å²) in [6.45, 7) is 0. The first kappa shape index (κ1) is 49.6. The van der Waals surface area contributed by atoms with E-state index >= 15 is 0 Å². The Bertz CT molecular complexity index is 5800. The molecule has 0 aliphatic carbocycles. The van der Waals surface area contributed by atoms with Crippen molar-refractivity contribution >= 4 is 87.5 Å². The van der Waals surface area contributed by atoms with E-state index in [1.807, 2.05) is 36.4 Å². The van der Waals surface area contributed by atoms with Gasteiger partial charge in [-0.1, -0.05) is 212 Å². The van der Waals surface area contributed by atoms with Crippen molar-refractivity contribution in [3.05, 3.63) is 309 Å². The molecule has 6 nitrogen and oxygen atoms in total. The van der Waals surface area contributed by atoms with Crippen molar-refractivity contribution in [1.29, 1.82) is 0 Å². The first-order valence-electron chi connectivity index (χ1n) is 30.0. The summed E-state index contributed by atoms with van der Waals surface area (Å²) in [5, 5.41) is 8.20. The number of benzene rings is 13. The minimum absolute atomic E-state index is 0.662. The summed E-state index contributed by atoms with van der Waals surface area (Å²) < 4.78 is 14.3. The standard InChI is InChI=1S/C82H51N5O/c1-5-21-52(22-6-1)55-41-44-74-69(48-55)70-50-57(56-42-45-73-68(49-56)65-33-13-15-38-71(65)85(73)60-29-11-4-12-30-60)43-46-75(70)86(74)61-31-18-32-62(51-61)87-72-39-16-14-34-66(72)77-63(35-20-40-76(77)87)58-27-17-28-59(47-58)64-36-19-37-67-79-81(88-80(64)67)78(53-23-7-2-8-24-53)83-82(84-79)54-25-9-3-10-26-54/h1-51H. The van der Waals surface area contributed by atoms with Gasteiger partial charge >= 0.3 is 0 Å². The van der Waals surface area contributed by atoms with Crippen LogP contribution in [0.3, 0.4) is 0 Å². The van der Waals surface area contributed by atoms with E-state index in [4.69, 9.17) is 14.4 Å². The van der Waals surface area contributed by atoms with Crippen LogP contribution in [0.5, 0.6) is 0 Å². The zero-order valence-electron chi connectivity index (χ0n) is 47.6. The Labute approximate surface area is 506 Å². The fraction of sp³-hybridized carbons (Fsp3) is 0. The second-order valence-electron chi connectivity index (χ2n) is 22.8. The SMILES string of the molecule is c1ccc(-c2ccc3c(c2)c2cc(-c4ccc5c(c4)c4ccccc4n5-c4ccccc4)ccc2n3-c2cccc(-n3c4ccccc4c4c(-c5cccc(-c6cccc7c6oc6c(-c8ccccc8)nc(-c8ccccc8)nc67)c5)cccc43)c2)cc1. The fourth-order valence-electron chi connectivity index (χ4n) is 13.9. The van der Waals surface area contributed by atoms with Crippen LogP contribution >= 0.6 is 0 Å². The van der Waals surface area contributed by atoms with Crippen LogP contribution < -0.4 is 0 Å². The van der Waals surface area contributed by atoms with Gasteiger partial charge in [0.25, 0.3) is 0 Å². The summed E-state index contributed by atoms with van der Waals surface area (Å²) in [5.41, 5.74) is 24.2. The third kappa shape index (κ3) is 7.82. The molecule has 0 amide bonds. The van der Waals surface area contributed by atoms with Crippen molar-refractivity contribution < 1.29 is 4.42 Å². The maximum absolute atomic E-state index is 6.98. The van der Waals surface area contributed by atoms with Gasteiger partial charge in [-0.2, -0.15) is 0 Å². The molecule has 0 atom stereocenters. The smallest absolute Gasteiger partial charge is 0.180 e. The summed E-state index contributed by atoms with van der Waals surface area (Å²) in [5.74, 6) is 0.662. The highest BCUT2D eigenvalue weighted by Crippen LogP contribution is 2.45. The van der Waals surface area contributed by atoms with Crippen LogP contribution in [0, 0.1) is 0 Å². The van der Waals surface area contributed by atoms with Crippen LogP contribution in [0.25, 0.3) is 172 Å². The Morgan fingerprint density at radius 1 is 0.239 bits per heavy atom. The average Bonchev–Trinajstić information content (AvgIpc) is 1.76. The van der Waals surface area contributed by atoms with Crippen molar-refractivity contribution in [2.45, 2.75) is 0 Å². The lowest BCUT2D eigenvalue weighted by molar-refractivity contribution is 0.668. The fourth-order valence-corrected chi connectivity index (χ4v) is 13.9. The maximum Gasteiger partial charge on any atom is 0.180 e. The van der Waals surface area contributed by atoms with Gasteiger partial charge in [0.05, 0.1) is 33.1 Å². The van der Waals surface area contributed by atoms with Crippen molar-refractivity contribution in [2.75, 3.05) is 0 Å². The molecular weight excluding hydrogens is 1070 g/mol. The Morgan fingerprint density at radius 2 is 0.670 bits per heavy atom. The molecule has 6 heteroatoms. The number of aromatic nitrogens is 5. The van der Waals surface area contributed by atoms with Gasteiger partial charge in [0.1, 0.15) is 16.8 Å². The molecule has 0 saturated heterocycles. The van der Waals surface area contributed by atoms with Crippen molar-refractivity contribution in [1.82, 2.24) is 23.7 Å². The number of nitrogens with zero attached hydrogens (tertiary/aromatic N) is 5. The Hall–Kier alpha value is -11.9. The van der Waals surface area contributed by atoms with Gasteiger partial charge in [-0.15, -0.1) is 0 Å². The van der Waals surface area contributed by atoms with Gasteiger partial charge in [-0.3, -0.25) is 0 Å². The van der Waals surface area contributed by atoms with Gasteiger partial charge in [-0.25, -0.2) is 9.97 Å². The maximum atomic E-state index is 6.98. The molecule has 0 fully saturated rings. The van der Waals surface area contributed by atoms with E-state index in [-0.39, 0.29) is 0 Å². The minimum Gasteiger partial charge on any atom is -0.451 e. The first-order chi connectivity index (χ1) is 43.6. The molecule has 0 radical (unpaired) electrons. The van der Waals surface area contributed by atoms with Crippen molar-refractivity contribution in [3.8, 4) is 84.2 Å². The highest BCUT2D eigenvalue weighted by Gasteiger charge is 2.23. The van der Waals surface area contributed by atoms with Gasteiger partial charge in [-0.05, 0) is 136 Å². The van der Waals surface area contributed by atoms with Gasteiger partial charge in [0.2, 0.25) is 0 Å². The van der Waals surface area contributed by atoms with E-state index in [1.165, 1.54) is 65.6 Å². The molecule has 5 heterocycles. The van der Waals surface area contributed by atoms with E-state index in [2.05, 4.69) is 287 Å². The number of hydrogen-bond acceptors (Lipinski definition) is 3. The number of para-hydroxylation sites is 4. The number of fused-ring (bicyclic) bond motifs is 12. The monoisotopic (exact) mass is 1120 g/mol. The van der Waals surface area contributed by atoms with Crippen LogP contribution in [0.15, 0.2) is 314 Å². The predicted molar refractivity (Wildman–Crippen MR) is 365 cm³/mol. The third-order valence-corrected chi connectivity index (χ3v) is 17.8. The quantitative estimate of drug-likeness (QED) is 0.145. The van der Waals surface area contributed by atoms with Crippen LogP contribution in [0.4, 0.5) is 0 Å². The molecule has 18 aromatic rings. The van der Waals surface area contributed by atoms with Crippen LogP contribution in [0.1, 0.15) is 0 Å². The summed E-state index contributed by atoms with van der Waals surface area (Å²) >= 11 is 0. The molecule has 0 N–H and O–H groups in total. The molecule has 0 aliphatic rings. The Balaban J connectivity index is 0.768. The van der Waals surface area contributed by atoms with Gasteiger partial charge in [0, 0.05) is 71.5 Å². The van der Waals surface area contributed by atoms with Gasteiger partial charge < -0.3 is 18.1 Å². The van der Waals surface area contributed by atoms with E-state index in [0.29, 0.717) is 11.4 Å². The molecule has 410 valence electrons. The predicted octanol–water partition coefficient (Wildman–Crippen LogP) is 21.7. The third-order valence-electron chi connectivity index (χ3n) is 17.8. The molecule has 0 unspecified atom stereocenters. The molecule has 0 spiro atoms. The first-order valence-corrected chi connectivity index (χ1v) is 30.0. The van der Waals surface area contributed by atoms with Crippen LogP contribution in [-0.2, 0) is 0 Å². The number of furan rings is 1. The lowest BCUT2D eigenvalue weighted by Crippen LogP contribution is -1.98. The highest BCUT2D eigenvalue weighted by atomic mass is 16.3. The second-order valence-corrected chi connectivity index (χ2v) is 22.8. The summed E-state index contributed by atoms with van der Waals surface area (Å²) in [7, 11) is 0. The highest BCUT2D eigenvalue weighted by molar-refractivity contribution is 6.17. The van der Waals surface area contributed by atoms with E-state index in [0.717, 1.165) is 94.7 Å². The normalized spacial score (nSPS) is 11.9. The summed E-state index contributed by atoms with van der Waals surface area (Å²) in [6.07, 6.45) is 0. The molecule has 0 saturated carbocycles. The lowest BCUT2D eigenvalue weighted by Gasteiger charge is -2.13. The van der Waals surface area contributed by atoms with Crippen LogP contribution in [0.2, 0.25) is 0 Å². The lowest BCUT2D eigenvalue weighted by atomic mass is 9.95. The van der Waals surface area contributed by atoms with E-state index in [1.54, 1.807) is 0 Å². The molecular formula is C82H51N5O.